The Balaban J connectivity index is 1.07. The van der Waals surface area contributed by atoms with Crippen LogP contribution >= 0.6 is 0 Å². The Morgan fingerprint density at radius 3 is 1.72 bits per heavy atom. The topological polar surface area (TPSA) is 22.9 Å². The van der Waals surface area contributed by atoms with Gasteiger partial charge in [-0.1, -0.05) is 130 Å². The van der Waals surface area contributed by atoms with Crippen LogP contribution in [-0.2, 0) is 27.1 Å². The molecule has 0 radical (unpaired) electrons. The smallest absolute Gasteiger partial charge is 0.252 e. The molecule has 3 aliphatic heterocycles. The number of benzene rings is 7. The molecule has 1 saturated carbocycles. The second-order valence-corrected chi connectivity index (χ2v) is 26.2. The van der Waals surface area contributed by atoms with Crippen molar-refractivity contribution in [3.05, 3.63) is 161 Å². The van der Waals surface area contributed by atoms with Crippen molar-refractivity contribution < 1.29 is 4.42 Å². The molecule has 5 heteroatoms. The van der Waals surface area contributed by atoms with Gasteiger partial charge >= 0.3 is 0 Å². The molecule has 0 spiro atoms. The van der Waals surface area contributed by atoms with Gasteiger partial charge in [-0.15, -0.1) is 0 Å². The van der Waals surface area contributed by atoms with Gasteiger partial charge in [0.2, 0.25) is 0 Å². The van der Waals surface area contributed by atoms with E-state index in [0.29, 0.717) is 0 Å². The van der Waals surface area contributed by atoms with Gasteiger partial charge in [-0.25, -0.2) is 0 Å². The van der Waals surface area contributed by atoms with E-state index in [4.69, 9.17) is 4.42 Å². The Morgan fingerprint density at radius 1 is 0.417 bits per heavy atom. The first kappa shape index (κ1) is 44.5. The van der Waals surface area contributed by atoms with Crippen LogP contribution in [0.3, 0.4) is 0 Å². The van der Waals surface area contributed by atoms with E-state index < -0.39 is 0 Å². The zero-order valence-corrected chi connectivity index (χ0v) is 44.6. The normalized spacial score (nSPS) is 23.5. The van der Waals surface area contributed by atoms with Gasteiger partial charge in [0, 0.05) is 61.7 Å². The minimum absolute atomic E-state index is 0.0150. The minimum Gasteiger partial charge on any atom is -0.456 e. The first-order valence-corrected chi connectivity index (χ1v) is 27.3. The summed E-state index contributed by atoms with van der Waals surface area (Å²) in [4.78, 5) is 8.10. The summed E-state index contributed by atoms with van der Waals surface area (Å²) in [5, 5.41) is 2.29. The Bertz CT molecular complexity index is 3650. The lowest BCUT2D eigenvalue weighted by atomic mass is 9.33. The lowest BCUT2D eigenvalue weighted by Crippen LogP contribution is -2.62. The molecule has 4 heterocycles. The van der Waals surface area contributed by atoms with Gasteiger partial charge in [0.15, 0.2) is 0 Å². The van der Waals surface area contributed by atoms with Crippen molar-refractivity contribution in [2.24, 2.45) is 0 Å². The fraction of sp³-hybridized carbons (Fsp3) is 0.373. The van der Waals surface area contributed by atoms with E-state index in [9.17, 15) is 0 Å². The predicted molar refractivity (Wildman–Crippen MR) is 306 cm³/mol. The van der Waals surface area contributed by atoms with E-state index in [0.717, 1.165) is 34.0 Å². The summed E-state index contributed by atoms with van der Waals surface area (Å²) < 4.78 is 6.52. The van der Waals surface area contributed by atoms with Gasteiger partial charge < -0.3 is 19.1 Å². The summed E-state index contributed by atoms with van der Waals surface area (Å²) in [5.74, 6) is 0. The molecule has 1 fully saturated rings. The third kappa shape index (κ3) is 5.88. The first-order chi connectivity index (χ1) is 34.3. The second kappa shape index (κ2) is 14.5. The summed E-state index contributed by atoms with van der Waals surface area (Å²) in [6, 6.07) is 50.3. The molecule has 14 rings (SSSR count). The standard InChI is InChI=1S/C67H70BN3O/c1-41-34-57-61-58(35-41)70(43-22-25-47-49(37-43)63(4,5)31-30-62(47,2)3)56-40-51-50(64(6,7)32-33-65(51,8)9)39-53(56)68(61)52-26-23-44(71-54-20-14-13-19-48(54)66(10)28-16-17-29-67(66,71)11)38-55(52)69(57)42-24-27-60-46(36-42)45-18-12-15-21-59(45)72-60/h12-15,18-27,34-40H,16-17,28-33H2,1-11H3. The summed E-state index contributed by atoms with van der Waals surface area (Å²) in [6.07, 6.45) is 9.60. The van der Waals surface area contributed by atoms with E-state index in [-0.39, 0.29) is 39.3 Å². The van der Waals surface area contributed by atoms with Gasteiger partial charge in [0.1, 0.15) is 11.2 Å². The quantitative estimate of drug-likeness (QED) is 0.165. The van der Waals surface area contributed by atoms with Gasteiger partial charge in [0.05, 0.1) is 5.54 Å². The Kier molecular flexibility index (Phi) is 8.97. The molecule has 0 N–H and O–H groups in total. The Labute approximate surface area is 428 Å². The van der Waals surface area contributed by atoms with Gasteiger partial charge in [-0.2, -0.15) is 0 Å². The molecule has 362 valence electrons. The number of hydrogen-bond acceptors (Lipinski definition) is 4. The van der Waals surface area contributed by atoms with Crippen molar-refractivity contribution in [2.45, 2.75) is 160 Å². The van der Waals surface area contributed by atoms with Crippen molar-refractivity contribution in [1.29, 1.82) is 0 Å². The van der Waals surface area contributed by atoms with E-state index >= 15 is 0 Å². The average molecular weight is 944 g/mol. The molecular weight excluding hydrogens is 874 g/mol. The maximum absolute atomic E-state index is 6.52. The summed E-state index contributed by atoms with van der Waals surface area (Å²) in [7, 11) is 0. The maximum atomic E-state index is 6.52. The number of furan rings is 1. The number of para-hydroxylation sites is 2. The number of hydrogen-bond donors (Lipinski definition) is 0. The van der Waals surface area contributed by atoms with Crippen molar-refractivity contribution >= 4 is 90.5 Å². The highest BCUT2D eigenvalue weighted by Gasteiger charge is 2.58. The van der Waals surface area contributed by atoms with Crippen molar-refractivity contribution in [3.63, 3.8) is 0 Å². The number of fused-ring (bicyclic) bond motifs is 12. The van der Waals surface area contributed by atoms with E-state index in [1.165, 1.54) is 135 Å². The molecule has 2 atom stereocenters. The monoisotopic (exact) mass is 944 g/mol. The first-order valence-electron chi connectivity index (χ1n) is 27.3. The Morgan fingerprint density at radius 2 is 0.986 bits per heavy atom. The SMILES string of the molecule is Cc1cc2c3c(c1)N(c1ccc4c(c1)C(C)(C)CCC4(C)C)c1cc4c(cc1B3c1ccc(N3c5ccccc5C5(C)CCCCC35C)cc1N2c1ccc2oc3ccccc3c2c1)C(C)(C)CCC4(C)C. The maximum Gasteiger partial charge on any atom is 0.252 e. The molecule has 1 aromatic heterocycles. The van der Waals surface area contributed by atoms with Crippen LogP contribution in [0.1, 0.15) is 154 Å². The fourth-order valence-electron chi connectivity index (χ4n) is 15.5. The lowest BCUT2D eigenvalue weighted by molar-refractivity contribution is 0.195. The highest BCUT2D eigenvalue weighted by molar-refractivity contribution is 7.00. The number of nitrogens with zero attached hydrogens (tertiary/aromatic N) is 3. The number of rotatable bonds is 3. The molecule has 0 bridgehead atoms. The zero-order chi connectivity index (χ0) is 49.6. The van der Waals surface area contributed by atoms with Crippen molar-refractivity contribution in [2.75, 3.05) is 14.7 Å². The lowest BCUT2D eigenvalue weighted by Gasteiger charge is -2.51. The highest BCUT2D eigenvalue weighted by atomic mass is 16.3. The highest BCUT2D eigenvalue weighted by Crippen LogP contribution is 2.61. The zero-order valence-electron chi connectivity index (χ0n) is 44.6. The van der Waals surface area contributed by atoms with Crippen LogP contribution < -0.4 is 31.1 Å². The van der Waals surface area contributed by atoms with Crippen LogP contribution in [-0.4, -0.2) is 12.3 Å². The summed E-state index contributed by atoms with van der Waals surface area (Å²) in [5.41, 5.74) is 25.2. The van der Waals surface area contributed by atoms with Crippen LogP contribution in [0.2, 0.25) is 0 Å². The van der Waals surface area contributed by atoms with Crippen LogP contribution in [0.25, 0.3) is 21.9 Å². The summed E-state index contributed by atoms with van der Waals surface area (Å²) in [6.45, 7) is 27.3. The number of aryl methyl sites for hydroxylation is 1. The molecule has 3 aliphatic carbocycles. The molecule has 0 amide bonds. The predicted octanol–water partition coefficient (Wildman–Crippen LogP) is 16.4. The van der Waals surface area contributed by atoms with E-state index in [2.05, 4.69) is 218 Å². The number of anilines is 8. The third-order valence-corrected chi connectivity index (χ3v) is 20.2. The average Bonchev–Trinajstić information content (AvgIpc) is 3.83. The molecule has 4 nitrogen and oxygen atoms in total. The molecule has 2 unspecified atom stereocenters. The van der Waals surface area contributed by atoms with Gasteiger partial charge in [-0.05, 0) is 197 Å². The molecular formula is C67H70BN3O. The molecule has 0 saturated heterocycles. The van der Waals surface area contributed by atoms with Crippen LogP contribution in [0, 0.1) is 6.92 Å². The summed E-state index contributed by atoms with van der Waals surface area (Å²) >= 11 is 0. The van der Waals surface area contributed by atoms with Crippen molar-refractivity contribution in [3.8, 4) is 0 Å². The fourth-order valence-corrected chi connectivity index (χ4v) is 15.5. The molecule has 6 aliphatic rings. The van der Waals surface area contributed by atoms with Gasteiger partial charge in [0.25, 0.3) is 6.71 Å². The second-order valence-electron chi connectivity index (χ2n) is 26.2. The molecule has 7 aromatic carbocycles. The van der Waals surface area contributed by atoms with Crippen LogP contribution in [0.4, 0.5) is 45.5 Å². The molecule has 72 heavy (non-hydrogen) atoms. The van der Waals surface area contributed by atoms with Crippen molar-refractivity contribution in [1.82, 2.24) is 0 Å². The van der Waals surface area contributed by atoms with Gasteiger partial charge in [-0.3, -0.25) is 0 Å². The van der Waals surface area contributed by atoms with E-state index in [1.54, 1.807) is 0 Å². The van der Waals surface area contributed by atoms with Crippen LogP contribution in [0.15, 0.2) is 132 Å². The van der Waals surface area contributed by atoms with E-state index in [1.807, 2.05) is 0 Å². The minimum atomic E-state index is -0.0625. The molecule has 8 aromatic rings. The van der Waals surface area contributed by atoms with Crippen LogP contribution in [0.5, 0.6) is 0 Å². The largest absolute Gasteiger partial charge is 0.456 e. The third-order valence-electron chi connectivity index (χ3n) is 20.2. The Hall–Kier alpha value is -6.20.